The zero-order valence-corrected chi connectivity index (χ0v) is 17.0. The molecule has 0 bridgehead atoms. The van der Waals surface area contributed by atoms with E-state index in [4.69, 9.17) is 9.47 Å². The fourth-order valence-electron chi connectivity index (χ4n) is 4.44. The van der Waals surface area contributed by atoms with E-state index < -0.39 is 0 Å². The molecule has 154 valence electrons. The topological polar surface area (TPSA) is 60.8 Å². The first-order valence-electron chi connectivity index (χ1n) is 10.3. The molecule has 6 nitrogen and oxygen atoms in total. The normalized spacial score (nSPS) is 18.6. The van der Waals surface area contributed by atoms with Crippen molar-refractivity contribution in [1.82, 2.24) is 9.47 Å². The number of hydrogen-bond acceptors (Lipinski definition) is 4. The molecule has 1 fully saturated rings. The molecule has 1 aromatic heterocycles. The van der Waals surface area contributed by atoms with Gasteiger partial charge in [-0.2, -0.15) is 0 Å². The van der Waals surface area contributed by atoms with Crippen molar-refractivity contribution < 1.29 is 19.1 Å². The number of ether oxygens (including phenoxy) is 2. The van der Waals surface area contributed by atoms with E-state index in [2.05, 4.69) is 0 Å². The van der Waals surface area contributed by atoms with Crippen LogP contribution in [0.2, 0.25) is 0 Å². The van der Waals surface area contributed by atoms with E-state index in [1.165, 1.54) is 0 Å². The Morgan fingerprint density at radius 3 is 2.90 bits per heavy atom. The molecule has 1 saturated heterocycles. The maximum atomic E-state index is 13.2. The highest BCUT2D eigenvalue weighted by atomic mass is 16.5. The number of aromatic nitrogens is 1. The highest BCUT2D eigenvalue weighted by molar-refractivity contribution is 6.01. The fourth-order valence-corrected chi connectivity index (χ4v) is 4.44. The number of rotatable bonds is 4. The van der Waals surface area contributed by atoms with E-state index in [1.54, 1.807) is 0 Å². The van der Waals surface area contributed by atoms with Crippen LogP contribution in [-0.2, 0) is 18.2 Å². The smallest absolute Gasteiger partial charge is 0.270 e. The van der Waals surface area contributed by atoms with Crippen molar-refractivity contribution in [2.24, 2.45) is 7.05 Å². The molecular weight excluding hydrogens is 380 g/mol. The molecule has 3 aromatic rings. The summed E-state index contributed by atoms with van der Waals surface area (Å²) in [7, 11) is 1.92. The number of aryl methyl sites for hydroxylation is 1. The Morgan fingerprint density at radius 2 is 2.03 bits per heavy atom. The van der Waals surface area contributed by atoms with Gasteiger partial charge in [-0.3, -0.25) is 9.59 Å². The Kier molecular flexibility index (Phi) is 4.79. The molecular formula is C24H24N2O4. The molecule has 1 atom stereocenters. The first-order valence-corrected chi connectivity index (χ1v) is 10.3. The molecule has 30 heavy (non-hydrogen) atoms. The molecule has 5 rings (SSSR count). The van der Waals surface area contributed by atoms with Gasteiger partial charge in [0.15, 0.2) is 5.78 Å². The van der Waals surface area contributed by atoms with Gasteiger partial charge in [-0.05, 0) is 24.6 Å². The SMILES string of the molecule is Cn1c(C(=O)N2CCOC(COc3cccc4c3CCC4=O)C2)cc2ccccc21. The summed E-state index contributed by atoms with van der Waals surface area (Å²) in [6, 6.07) is 15.6. The standard InChI is InChI=1S/C24H24N2O4/c1-25-20-7-3-2-5-16(20)13-21(25)24(28)26-11-12-29-17(14-26)15-30-23-8-4-6-18-19(23)9-10-22(18)27/h2-8,13,17H,9-12,14-15H2,1H3. The van der Waals surface area contributed by atoms with Crippen molar-refractivity contribution in [2.45, 2.75) is 18.9 Å². The molecule has 2 heterocycles. The van der Waals surface area contributed by atoms with Gasteiger partial charge >= 0.3 is 0 Å². The lowest BCUT2D eigenvalue weighted by atomic mass is 10.1. The minimum Gasteiger partial charge on any atom is -0.491 e. The Morgan fingerprint density at radius 1 is 1.17 bits per heavy atom. The van der Waals surface area contributed by atoms with E-state index in [0.717, 1.165) is 34.2 Å². The van der Waals surface area contributed by atoms with Gasteiger partial charge in [-0.25, -0.2) is 0 Å². The van der Waals surface area contributed by atoms with Crippen LogP contribution in [0.25, 0.3) is 10.9 Å². The maximum absolute atomic E-state index is 13.2. The maximum Gasteiger partial charge on any atom is 0.270 e. The molecule has 2 aliphatic rings. The van der Waals surface area contributed by atoms with Crippen LogP contribution in [0.1, 0.15) is 32.8 Å². The van der Waals surface area contributed by atoms with Crippen LogP contribution >= 0.6 is 0 Å². The van der Waals surface area contributed by atoms with Crippen molar-refractivity contribution in [3.63, 3.8) is 0 Å². The van der Waals surface area contributed by atoms with Crippen LogP contribution in [0.3, 0.4) is 0 Å². The summed E-state index contributed by atoms with van der Waals surface area (Å²) < 4.78 is 13.8. The van der Waals surface area contributed by atoms with Crippen molar-refractivity contribution >= 4 is 22.6 Å². The third-order valence-corrected chi connectivity index (χ3v) is 6.06. The second-order valence-electron chi connectivity index (χ2n) is 7.91. The van der Waals surface area contributed by atoms with Gasteiger partial charge in [-0.1, -0.05) is 30.3 Å². The third kappa shape index (κ3) is 3.27. The predicted octanol–water partition coefficient (Wildman–Crippen LogP) is 3.23. The number of fused-ring (bicyclic) bond motifs is 2. The van der Waals surface area contributed by atoms with Crippen LogP contribution in [0.15, 0.2) is 48.5 Å². The first-order chi connectivity index (χ1) is 14.6. The van der Waals surface area contributed by atoms with Crippen LogP contribution in [0.5, 0.6) is 5.75 Å². The molecule has 1 aliphatic carbocycles. The first kappa shape index (κ1) is 18.9. The van der Waals surface area contributed by atoms with Crippen LogP contribution in [0, 0.1) is 0 Å². The summed E-state index contributed by atoms with van der Waals surface area (Å²) >= 11 is 0. The van der Waals surface area contributed by atoms with Gasteiger partial charge in [0.25, 0.3) is 5.91 Å². The Hall–Kier alpha value is -3.12. The number of nitrogens with zero attached hydrogens (tertiary/aromatic N) is 2. The number of Topliss-reactive ketones (excluding diaryl/α,β-unsaturated/α-hetero) is 1. The third-order valence-electron chi connectivity index (χ3n) is 6.06. The van der Waals surface area contributed by atoms with Gasteiger partial charge in [0.2, 0.25) is 0 Å². The van der Waals surface area contributed by atoms with E-state index >= 15 is 0 Å². The average Bonchev–Trinajstić information content (AvgIpc) is 3.33. The molecule has 1 amide bonds. The van der Waals surface area contributed by atoms with Gasteiger partial charge in [-0.15, -0.1) is 0 Å². The molecule has 0 saturated carbocycles. The number of hydrogen-bond donors (Lipinski definition) is 0. The number of morpholine rings is 1. The fraction of sp³-hybridized carbons (Fsp3) is 0.333. The second-order valence-corrected chi connectivity index (χ2v) is 7.91. The average molecular weight is 404 g/mol. The van der Waals surface area contributed by atoms with Gasteiger partial charge < -0.3 is 18.9 Å². The zero-order chi connectivity index (χ0) is 20.7. The van der Waals surface area contributed by atoms with Gasteiger partial charge in [0.1, 0.15) is 24.2 Å². The monoisotopic (exact) mass is 404 g/mol. The Bertz CT molecular complexity index is 1130. The number of amides is 1. The summed E-state index contributed by atoms with van der Waals surface area (Å²) in [6.45, 7) is 1.87. The van der Waals surface area contributed by atoms with E-state index in [-0.39, 0.29) is 17.8 Å². The number of para-hydroxylation sites is 1. The molecule has 1 aliphatic heterocycles. The van der Waals surface area contributed by atoms with Crippen molar-refractivity contribution in [2.75, 3.05) is 26.3 Å². The Labute approximate surface area is 175 Å². The van der Waals surface area contributed by atoms with Crippen LogP contribution < -0.4 is 4.74 Å². The van der Waals surface area contributed by atoms with Crippen molar-refractivity contribution in [3.05, 3.63) is 65.4 Å². The van der Waals surface area contributed by atoms with E-state index in [9.17, 15) is 9.59 Å². The minimum absolute atomic E-state index is 0.00759. The molecule has 0 radical (unpaired) electrons. The van der Waals surface area contributed by atoms with Crippen LogP contribution in [-0.4, -0.2) is 53.6 Å². The lowest BCUT2D eigenvalue weighted by Crippen LogP contribution is -2.48. The predicted molar refractivity (Wildman–Crippen MR) is 113 cm³/mol. The summed E-state index contributed by atoms with van der Waals surface area (Å²) in [5.74, 6) is 0.934. The quantitative estimate of drug-likeness (QED) is 0.670. The number of carbonyl (C=O) groups excluding carboxylic acids is 2. The second kappa shape index (κ2) is 7.61. The number of carbonyl (C=O) groups is 2. The van der Waals surface area contributed by atoms with Crippen molar-refractivity contribution in [1.29, 1.82) is 0 Å². The largest absolute Gasteiger partial charge is 0.491 e. The lowest BCUT2D eigenvalue weighted by Gasteiger charge is -2.33. The van der Waals surface area contributed by atoms with Crippen molar-refractivity contribution in [3.8, 4) is 5.75 Å². The number of benzene rings is 2. The molecule has 2 aromatic carbocycles. The zero-order valence-electron chi connectivity index (χ0n) is 17.0. The molecule has 0 spiro atoms. The van der Waals surface area contributed by atoms with Gasteiger partial charge in [0.05, 0.1) is 13.2 Å². The minimum atomic E-state index is -0.203. The molecule has 6 heteroatoms. The molecule has 0 N–H and O–H groups in total. The highest BCUT2D eigenvalue weighted by Crippen LogP contribution is 2.30. The van der Waals surface area contributed by atoms with E-state index in [1.807, 2.05) is 65.0 Å². The number of ketones is 1. The summed E-state index contributed by atoms with van der Waals surface area (Å²) in [4.78, 5) is 27.0. The Balaban J connectivity index is 1.28. The lowest BCUT2D eigenvalue weighted by molar-refractivity contribution is -0.0404. The van der Waals surface area contributed by atoms with Gasteiger partial charge in [0, 0.05) is 42.0 Å². The molecule has 1 unspecified atom stereocenters. The highest BCUT2D eigenvalue weighted by Gasteiger charge is 2.28. The summed E-state index contributed by atoms with van der Waals surface area (Å²) in [6.07, 6.45) is 1.06. The summed E-state index contributed by atoms with van der Waals surface area (Å²) in [5.41, 5.74) is 3.48. The van der Waals surface area contributed by atoms with Crippen LogP contribution in [0.4, 0.5) is 0 Å². The summed E-state index contributed by atoms with van der Waals surface area (Å²) in [5, 5.41) is 1.06. The van der Waals surface area contributed by atoms with E-state index in [0.29, 0.717) is 38.4 Å².